The number of carboxylic acids is 1. The number of carbonyl (C=O) groups is 3. The Morgan fingerprint density at radius 1 is 1.00 bits per heavy atom. The van der Waals surface area contributed by atoms with Gasteiger partial charge in [-0.1, -0.05) is 40.2 Å². The number of aliphatic carboxylic acids is 1. The molecule has 1 fully saturated rings. The quantitative estimate of drug-likeness (QED) is 0.508. The van der Waals surface area contributed by atoms with Gasteiger partial charge in [0.25, 0.3) is 0 Å². The maximum absolute atomic E-state index is 13.0. The second kappa shape index (κ2) is 11.3. The Kier molecular flexibility index (Phi) is 9.83. The van der Waals surface area contributed by atoms with Gasteiger partial charge in [-0.25, -0.2) is 4.79 Å². The molecule has 1 aliphatic rings. The Hall–Kier alpha value is -1.89. The molecule has 0 bridgehead atoms. The van der Waals surface area contributed by atoms with Crippen molar-refractivity contribution in [3.8, 4) is 0 Å². The molecule has 0 aromatic rings. The minimum Gasteiger partial charge on any atom is -0.478 e. The maximum Gasteiger partial charge on any atom is 0.331 e. The lowest BCUT2D eigenvalue weighted by Gasteiger charge is -2.38. The molecular formula is C22H39N3O4. The molecule has 3 N–H and O–H groups in total. The van der Waals surface area contributed by atoms with Crippen LogP contribution < -0.4 is 10.6 Å². The van der Waals surface area contributed by atoms with Crippen molar-refractivity contribution < 1.29 is 19.5 Å². The van der Waals surface area contributed by atoms with E-state index in [9.17, 15) is 14.4 Å². The van der Waals surface area contributed by atoms with Gasteiger partial charge in [-0.2, -0.15) is 0 Å². The third kappa shape index (κ3) is 7.46. The van der Waals surface area contributed by atoms with E-state index in [4.69, 9.17) is 5.11 Å². The Labute approximate surface area is 175 Å². The van der Waals surface area contributed by atoms with Gasteiger partial charge in [-0.05, 0) is 52.0 Å². The first kappa shape index (κ1) is 25.1. The summed E-state index contributed by atoms with van der Waals surface area (Å²) in [6, 6.07) is -1.03. The van der Waals surface area contributed by atoms with Crippen LogP contribution in [0.5, 0.6) is 0 Å². The number of hydrogen-bond acceptors (Lipinski definition) is 4. The molecule has 0 saturated carbocycles. The highest BCUT2D eigenvalue weighted by Gasteiger charge is 2.34. The normalized spacial score (nSPS) is 20.6. The molecule has 0 spiro atoms. The first-order valence-electron chi connectivity index (χ1n) is 10.7. The zero-order valence-electron chi connectivity index (χ0n) is 19.0. The number of hydrogen-bond donors (Lipinski definition) is 3. The maximum atomic E-state index is 13.0. The predicted octanol–water partition coefficient (Wildman–Crippen LogP) is 2.56. The van der Waals surface area contributed by atoms with Gasteiger partial charge in [0, 0.05) is 11.6 Å². The molecule has 1 aliphatic heterocycles. The number of amides is 2. The lowest BCUT2D eigenvalue weighted by atomic mass is 9.96. The van der Waals surface area contributed by atoms with Crippen molar-refractivity contribution in [2.45, 2.75) is 91.9 Å². The fourth-order valence-corrected chi connectivity index (χ4v) is 3.63. The van der Waals surface area contributed by atoms with Crippen LogP contribution in [-0.2, 0) is 14.4 Å². The monoisotopic (exact) mass is 409 g/mol. The topological polar surface area (TPSA) is 98.7 Å². The van der Waals surface area contributed by atoms with Crippen molar-refractivity contribution >= 4 is 17.8 Å². The zero-order valence-corrected chi connectivity index (χ0v) is 19.0. The SMILES string of the molecule is C/C(=C\[C@@H](NC(=O)[C@@H](NC(=O)[C@H]1CCCCN1C(C)C)C(C)C)C(C)C)C(=O)O. The average Bonchev–Trinajstić information content (AvgIpc) is 2.64. The first-order valence-corrected chi connectivity index (χ1v) is 10.7. The van der Waals surface area contributed by atoms with E-state index in [-0.39, 0.29) is 41.3 Å². The Morgan fingerprint density at radius 3 is 2.10 bits per heavy atom. The van der Waals surface area contributed by atoms with E-state index in [1.807, 2.05) is 27.7 Å². The molecule has 0 aromatic carbocycles. The second-order valence-electron chi connectivity index (χ2n) is 9.01. The third-order valence-corrected chi connectivity index (χ3v) is 5.55. The lowest BCUT2D eigenvalue weighted by molar-refractivity contribution is -0.134. The van der Waals surface area contributed by atoms with E-state index in [2.05, 4.69) is 29.4 Å². The minimum absolute atomic E-state index is 0.0199. The van der Waals surface area contributed by atoms with Gasteiger partial charge < -0.3 is 15.7 Å². The molecule has 1 rings (SSSR count). The standard InChI is InChI=1S/C22H39N3O4/c1-13(2)17(12-16(7)22(28)29)23-21(27)19(14(3)4)24-20(26)18-10-8-9-11-25(18)15(5)6/h12-15,17-19H,8-11H2,1-7H3,(H,23,27)(H,24,26)(H,28,29)/b16-12+/t17-,18-,19+/m1/s1. The van der Waals surface area contributed by atoms with Crippen LogP contribution in [0.2, 0.25) is 0 Å². The number of nitrogens with zero attached hydrogens (tertiary/aromatic N) is 1. The fraction of sp³-hybridized carbons (Fsp3) is 0.773. The van der Waals surface area contributed by atoms with Crippen molar-refractivity contribution in [3.05, 3.63) is 11.6 Å². The van der Waals surface area contributed by atoms with Crippen LogP contribution in [0.1, 0.15) is 67.7 Å². The van der Waals surface area contributed by atoms with Gasteiger partial charge in [0.05, 0.1) is 12.1 Å². The van der Waals surface area contributed by atoms with E-state index in [0.29, 0.717) is 0 Å². The molecule has 29 heavy (non-hydrogen) atoms. The molecule has 1 heterocycles. The van der Waals surface area contributed by atoms with Gasteiger partial charge in [0.1, 0.15) is 6.04 Å². The number of rotatable bonds is 9. The van der Waals surface area contributed by atoms with Crippen molar-refractivity contribution in [2.75, 3.05) is 6.54 Å². The number of likely N-dealkylation sites (tertiary alicyclic amines) is 1. The molecule has 2 amide bonds. The van der Waals surface area contributed by atoms with Crippen LogP contribution >= 0.6 is 0 Å². The van der Waals surface area contributed by atoms with Crippen LogP contribution in [-0.4, -0.2) is 58.5 Å². The summed E-state index contributed by atoms with van der Waals surface area (Å²) in [4.78, 5) is 39.3. The summed E-state index contributed by atoms with van der Waals surface area (Å²) in [6.45, 7) is 14.2. The first-order chi connectivity index (χ1) is 13.5. The summed E-state index contributed by atoms with van der Waals surface area (Å²) in [6.07, 6.45) is 4.45. The van der Waals surface area contributed by atoms with Gasteiger partial charge in [0.2, 0.25) is 11.8 Å². The number of carbonyl (C=O) groups excluding carboxylic acids is 2. The third-order valence-electron chi connectivity index (χ3n) is 5.55. The smallest absolute Gasteiger partial charge is 0.331 e. The summed E-state index contributed by atoms with van der Waals surface area (Å²) in [5, 5.41) is 15.0. The molecule has 0 unspecified atom stereocenters. The number of carboxylic acid groups (broad SMARTS) is 1. The van der Waals surface area contributed by atoms with Gasteiger partial charge in [0.15, 0.2) is 0 Å². The van der Waals surface area contributed by atoms with E-state index in [1.165, 1.54) is 6.92 Å². The summed E-state index contributed by atoms with van der Waals surface area (Å²) >= 11 is 0. The Morgan fingerprint density at radius 2 is 1.62 bits per heavy atom. The molecule has 166 valence electrons. The molecule has 0 aromatic heterocycles. The summed E-state index contributed by atoms with van der Waals surface area (Å²) in [5.41, 5.74) is 0.184. The summed E-state index contributed by atoms with van der Waals surface area (Å²) < 4.78 is 0. The van der Waals surface area contributed by atoms with E-state index >= 15 is 0 Å². The van der Waals surface area contributed by atoms with Crippen LogP contribution in [0, 0.1) is 11.8 Å². The molecule has 0 radical (unpaired) electrons. The van der Waals surface area contributed by atoms with E-state index in [1.54, 1.807) is 6.08 Å². The molecule has 7 nitrogen and oxygen atoms in total. The van der Waals surface area contributed by atoms with Crippen molar-refractivity contribution in [1.29, 1.82) is 0 Å². The van der Waals surface area contributed by atoms with Gasteiger partial charge >= 0.3 is 5.97 Å². The molecule has 1 saturated heterocycles. The van der Waals surface area contributed by atoms with E-state index in [0.717, 1.165) is 25.8 Å². The van der Waals surface area contributed by atoms with Crippen LogP contribution in [0.3, 0.4) is 0 Å². The van der Waals surface area contributed by atoms with Crippen molar-refractivity contribution in [3.63, 3.8) is 0 Å². The molecule has 7 heteroatoms. The number of piperidine rings is 1. The van der Waals surface area contributed by atoms with Crippen LogP contribution in [0.4, 0.5) is 0 Å². The van der Waals surface area contributed by atoms with Crippen molar-refractivity contribution in [1.82, 2.24) is 15.5 Å². The average molecular weight is 410 g/mol. The highest BCUT2D eigenvalue weighted by atomic mass is 16.4. The van der Waals surface area contributed by atoms with Crippen LogP contribution in [0.15, 0.2) is 11.6 Å². The predicted molar refractivity (Wildman–Crippen MR) is 114 cm³/mol. The highest BCUT2D eigenvalue weighted by Crippen LogP contribution is 2.20. The van der Waals surface area contributed by atoms with E-state index < -0.39 is 18.1 Å². The molecule has 3 atom stereocenters. The Bertz CT molecular complexity index is 613. The Balaban J connectivity index is 2.92. The highest BCUT2D eigenvalue weighted by molar-refractivity contribution is 5.90. The largest absolute Gasteiger partial charge is 0.478 e. The second-order valence-corrected chi connectivity index (χ2v) is 9.01. The zero-order chi connectivity index (χ0) is 22.3. The van der Waals surface area contributed by atoms with Gasteiger partial charge in [-0.15, -0.1) is 0 Å². The minimum atomic E-state index is -1.01. The molecular weight excluding hydrogens is 370 g/mol. The van der Waals surface area contributed by atoms with Crippen molar-refractivity contribution in [2.24, 2.45) is 11.8 Å². The summed E-state index contributed by atoms with van der Waals surface area (Å²) in [7, 11) is 0. The van der Waals surface area contributed by atoms with Gasteiger partial charge in [-0.3, -0.25) is 14.5 Å². The fourth-order valence-electron chi connectivity index (χ4n) is 3.63. The van der Waals surface area contributed by atoms with Crippen LogP contribution in [0.25, 0.3) is 0 Å². The summed E-state index contributed by atoms with van der Waals surface area (Å²) in [5.74, 6) is -1.47. The molecule has 0 aliphatic carbocycles. The number of nitrogens with one attached hydrogen (secondary N) is 2. The lowest BCUT2D eigenvalue weighted by Crippen LogP contribution is -2.58.